The molecule has 9 aromatic heterocycles. The van der Waals surface area contributed by atoms with E-state index in [1.54, 1.807) is 70.9 Å². The first-order chi connectivity index (χ1) is 57.3. The van der Waals surface area contributed by atoms with Crippen LogP contribution in [0.15, 0.2) is 56.2 Å². The number of aryl methyl sites for hydroxylation is 6. The number of halogens is 1. The average molecular weight is 1690 g/mol. The number of nitrogens with zero attached hydrogens (tertiary/aromatic N) is 22. The standard InChI is InChI=1S/C22H30N8O2.C21H26N8O.C17H22N8.C10H20N2O2.C10H19NO3.C4H5ClO/c1-7-29-19(15-10-23-14(3)24-11-15)28-17-18(25-12-26-20(17)29)27-16-8-9-30(13(16)2)21(31)32-22(4,5)6;1-4-28-19(15-9-22-13(3)23-10-15)27-17-18(24-11-25-20(17)28)26-16-7-8-29(12(16)2)21(30)14-5-6-14;1-4-25-16(12-7-19-11(3)20-8-12)24-14-15(21-9-22-17(14)25)23-13-5-6-18-10(13)2;1-7-8(11)5-6-12(7)9(13)14-10(2,3)4;1-7-8(12)5-6-11(7)9(13)14-10(2,3)4;5-4(6)3-1-2-3/h10-13,16H,7-9H2,1-6H3,(H,25,26,27);9-12,14,16H,4-8H2,1-3H3,(H,24,25,26);7-10,13,18H,4-6H2,1-3H3,(H,21,22,23);7-8H,5-6,11H2,1-4H3;7-8,12H,5-6H2,1-4H3;3H,1-2H2/t13-,16+;12-,16+;10-,13+;7-,8+;7-,8-;/m11111./s1. The summed E-state index contributed by atoms with van der Waals surface area (Å²) in [4.78, 5) is 133. The number of nitrogens with one attached hydrogen (secondary N) is 4. The van der Waals surface area contributed by atoms with Crippen LogP contribution in [-0.4, -0.2) is 253 Å². The summed E-state index contributed by atoms with van der Waals surface area (Å²) >= 11 is 5.04. The van der Waals surface area contributed by atoms with Crippen LogP contribution < -0.4 is 27.0 Å². The minimum Gasteiger partial charge on any atom is -0.444 e. The summed E-state index contributed by atoms with van der Waals surface area (Å²) in [5.74, 6) is 7.44. The molecule has 2 saturated carbocycles. The fraction of sp³-hybridized carbons (Fsp3) is 0.619. The molecule has 37 heteroatoms. The highest BCUT2D eigenvalue weighted by Crippen LogP contribution is 2.37. The highest BCUT2D eigenvalue weighted by Gasteiger charge is 2.43. The van der Waals surface area contributed by atoms with Crippen molar-refractivity contribution in [2.45, 2.75) is 293 Å². The molecule has 121 heavy (non-hydrogen) atoms. The van der Waals surface area contributed by atoms with Gasteiger partial charge in [0.15, 0.2) is 50.9 Å². The Kier molecular flexibility index (Phi) is 29.4. The summed E-state index contributed by atoms with van der Waals surface area (Å²) in [6.45, 7) is 44.5. The number of ether oxygens (including phenoxy) is 3. The van der Waals surface area contributed by atoms with Gasteiger partial charge >= 0.3 is 18.3 Å². The number of anilines is 3. The molecule has 0 unspecified atom stereocenters. The SMILES string of the molecule is CCn1c(-c2cnc(C)nc2)nc2c(N[C@H]3CCN(C(=O)C4CC4)[C@@H]3C)ncnc21.CCn1c(-c2cnc(C)nc2)nc2c(N[C@H]3CCN(C(=O)OC(C)(C)C)[C@@H]3C)ncnc21.CCn1c(-c2cnc(C)nc2)nc2c(N[C@H]3CCN[C@@H]3C)ncnc21.C[C@@H]1[C@@H](N)CCN1C(=O)OC(C)(C)C.C[C@@H]1[C@H](O)CCN1C(=O)OC(C)(C)C.O=C(Cl)C1CC1. The van der Waals surface area contributed by atoms with Crippen molar-refractivity contribution in [3.63, 3.8) is 0 Å². The number of carbonyl (C=O) groups excluding carboxylic acids is 5. The van der Waals surface area contributed by atoms with Gasteiger partial charge in [0.05, 0.1) is 34.9 Å². The number of rotatable bonds is 14. The molecule has 10 atom stereocenters. The third kappa shape index (κ3) is 23.0. The number of aromatic nitrogens is 18. The van der Waals surface area contributed by atoms with Crippen LogP contribution in [0.25, 0.3) is 67.7 Å². The maximum Gasteiger partial charge on any atom is 0.410 e. The number of likely N-dealkylation sites (tertiary alicyclic amines) is 4. The number of nitrogens with two attached hydrogens (primary N) is 1. The van der Waals surface area contributed by atoms with Gasteiger partial charge in [0.1, 0.15) is 70.7 Å². The van der Waals surface area contributed by atoms with Crippen LogP contribution in [0.2, 0.25) is 0 Å². The van der Waals surface area contributed by atoms with E-state index < -0.39 is 22.9 Å². The Morgan fingerprint density at radius 3 is 1.07 bits per heavy atom. The zero-order valence-corrected chi connectivity index (χ0v) is 74.4. The zero-order valence-electron chi connectivity index (χ0n) is 73.7. The molecule has 16 rings (SSSR count). The number of fused-ring (bicyclic) bond motifs is 3. The van der Waals surface area contributed by atoms with E-state index in [4.69, 9.17) is 46.5 Å². The van der Waals surface area contributed by atoms with Crippen molar-refractivity contribution in [2.24, 2.45) is 17.6 Å². The van der Waals surface area contributed by atoms with Gasteiger partial charge in [-0.2, -0.15) is 0 Å². The Bertz CT molecular complexity index is 4990. The van der Waals surface area contributed by atoms with Crippen LogP contribution in [0.3, 0.4) is 0 Å². The Morgan fingerprint density at radius 2 is 0.777 bits per heavy atom. The highest BCUT2D eigenvalue weighted by atomic mass is 35.5. The van der Waals surface area contributed by atoms with E-state index in [2.05, 4.69) is 118 Å². The minimum atomic E-state index is -0.524. The van der Waals surface area contributed by atoms with Gasteiger partial charge in [0.2, 0.25) is 11.1 Å². The molecule has 0 aromatic carbocycles. The number of aliphatic hydroxyl groups is 1. The minimum absolute atomic E-state index is 0.0264. The van der Waals surface area contributed by atoms with E-state index in [9.17, 15) is 29.1 Å². The van der Waals surface area contributed by atoms with Gasteiger partial charge in [0.25, 0.3) is 0 Å². The van der Waals surface area contributed by atoms with Crippen LogP contribution in [0.1, 0.15) is 193 Å². The van der Waals surface area contributed by atoms with Crippen LogP contribution >= 0.6 is 11.6 Å². The molecule has 4 amide bonds. The van der Waals surface area contributed by atoms with E-state index >= 15 is 0 Å². The zero-order chi connectivity index (χ0) is 87.7. The average Bonchev–Trinajstić information content (AvgIpc) is 1.63. The van der Waals surface area contributed by atoms with Gasteiger partial charge in [-0.3, -0.25) is 9.59 Å². The number of hydrogen-bond acceptors (Lipinski definition) is 29. The summed E-state index contributed by atoms with van der Waals surface area (Å²) in [6.07, 6.45) is 22.5. The van der Waals surface area contributed by atoms with Crippen LogP contribution in [0.4, 0.5) is 31.8 Å². The third-order valence-electron chi connectivity index (χ3n) is 22.2. The van der Waals surface area contributed by atoms with E-state index in [0.29, 0.717) is 73.6 Å². The molecule has 7 N–H and O–H groups in total. The van der Waals surface area contributed by atoms with Crippen molar-refractivity contribution in [3.05, 3.63) is 73.6 Å². The van der Waals surface area contributed by atoms with Gasteiger partial charge in [-0.25, -0.2) is 89.1 Å². The lowest BCUT2D eigenvalue weighted by Crippen LogP contribution is -2.42. The summed E-state index contributed by atoms with van der Waals surface area (Å²) < 4.78 is 22.2. The smallest absolute Gasteiger partial charge is 0.410 e. The molecule has 36 nitrogen and oxygen atoms in total. The number of carbonyl (C=O) groups is 5. The summed E-state index contributed by atoms with van der Waals surface area (Å²) in [6, 6.07) is 1.04. The van der Waals surface area contributed by atoms with Gasteiger partial charge in [0, 0.05) is 137 Å². The lowest BCUT2D eigenvalue weighted by molar-refractivity contribution is -0.133. The lowest BCUT2D eigenvalue weighted by Gasteiger charge is -2.28. The third-order valence-corrected chi connectivity index (χ3v) is 22.5. The number of hydrogen-bond donors (Lipinski definition) is 6. The van der Waals surface area contributed by atoms with Crippen LogP contribution in [0, 0.1) is 32.6 Å². The summed E-state index contributed by atoms with van der Waals surface area (Å²) in [5, 5.41) is 23.3. The van der Waals surface area contributed by atoms with Crippen molar-refractivity contribution in [2.75, 3.05) is 48.7 Å². The largest absolute Gasteiger partial charge is 0.444 e. The molecule has 0 spiro atoms. The second kappa shape index (κ2) is 39.1. The molecule has 7 aliphatic rings. The fourth-order valence-corrected chi connectivity index (χ4v) is 15.1. The Morgan fingerprint density at radius 1 is 0.446 bits per heavy atom. The van der Waals surface area contributed by atoms with Crippen molar-refractivity contribution in [1.29, 1.82) is 0 Å². The number of amides is 4. The van der Waals surface area contributed by atoms with E-state index in [1.165, 1.54) is 0 Å². The Labute approximate surface area is 712 Å². The van der Waals surface area contributed by atoms with Crippen molar-refractivity contribution in [3.8, 4) is 34.2 Å². The number of aliphatic hydroxyl groups excluding tert-OH is 1. The van der Waals surface area contributed by atoms with E-state index in [1.807, 2.05) is 120 Å². The molecule has 14 heterocycles. The monoisotopic (exact) mass is 1690 g/mol. The summed E-state index contributed by atoms with van der Waals surface area (Å²) in [5.41, 5.74) is 11.5. The quantitative estimate of drug-likeness (QED) is 0.0435. The van der Waals surface area contributed by atoms with Crippen LogP contribution in [0.5, 0.6) is 0 Å². The summed E-state index contributed by atoms with van der Waals surface area (Å²) in [7, 11) is 0. The fourth-order valence-electron chi connectivity index (χ4n) is 14.9. The van der Waals surface area contributed by atoms with E-state index in [-0.39, 0.29) is 77.7 Å². The van der Waals surface area contributed by atoms with Crippen molar-refractivity contribution < 1.29 is 43.3 Å². The first-order valence-electron chi connectivity index (χ1n) is 42.3. The topological polar surface area (TPSA) is 429 Å². The van der Waals surface area contributed by atoms with Crippen LogP contribution in [-0.2, 0) is 43.4 Å². The maximum absolute atomic E-state index is 12.6. The molecular formula is C84H122ClN27O9. The first-order valence-corrected chi connectivity index (χ1v) is 42.7. The molecule has 5 saturated heterocycles. The molecule has 9 aromatic rings. The predicted molar refractivity (Wildman–Crippen MR) is 462 cm³/mol. The van der Waals surface area contributed by atoms with Gasteiger partial charge < -0.3 is 79.6 Å². The van der Waals surface area contributed by atoms with Gasteiger partial charge in [-0.15, -0.1) is 0 Å². The lowest BCUT2D eigenvalue weighted by atomic mass is 10.1. The van der Waals surface area contributed by atoms with E-state index in [0.717, 1.165) is 157 Å². The second-order valence-electron chi connectivity index (χ2n) is 34.8. The van der Waals surface area contributed by atoms with Gasteiger partial charge in [-0.05, 0) is 214 Å². The molecule has 2 aliphatic carbocycles. The Hall–Kier alpha value is -10.6. The molecule has 5 aliphatic heterocycles. The number of imidazole rings is 3. The molecule has 0 radical (unpaired) electrons. The molecule has 7 fully saturated rings. The first kappa shape index (κ1) is 91.2. The molecular weight excluding hydrogens is 1570 g/mol. The Balaban J connectivity index is 0.000000150. The predicted octanol–water partition coefficient (Wildman–Crippen LogP) is 11.5. The normalized spacial score (nSPS) is 22.0. The molecule has 0 bridgehead atoms. The highest BCUT2D eigenvalue weighted by molar-refractivity contribution is 6.64. The van der Waals surface area contributed by atoms with Crippen molar-refractivity contribution >= 4 is 92.0 Å². The second-order valence-corrected chi connectivity index (χ2v) is 35.2. The maximum atomic E-state index is 12.6. The van der Waals surface area contributed by atoms with Gasteiger partial charge in [-0.1, -0.05) is 0 Å². The molecule has 654 valence electrons. The van der Waals surface area contributed by atoms with Crippen molar-refractivity contribution in [1.82, 2.24) is 113 Å².